The van der Waals surface area contributed by atoms with Crippen molar-refractivity contribution in [3.8, 4) is 0 Å². The first kappa shape index (κ1) is 16.5. The molecule has 5 heteroatoms. The summed E-state index contributed by atoms with van der Waals surface area (Å²) in [5.41, 5.74) is 1.48. The number of hydrogen-bond acceptors (Lipinski definition) is 2. The monoisotopic (exact) mass is 296 g/mol. The van der Waals surface area contributed by atoms with Gasteiger partial charge in [0.25, 0.3) is 5.91 Å². The molecule has 4 nitrogen and oxygen atoms in total. The SMILES string of the molecule is CCN(CC)C(=O)C(C)NC(=O)c1ccc(CCl)cc1. The second kappa shape index (κ2) is 7.90. The van der Waals surface area contributed by atoms with Crippen LogP contribution in [-0.4, -0.2) is 35.8 Å². The number of halogens is 1. The first-order chi connectivity index (χ1) is 9.53. The Labute approximate surface area is 125 Å². The minimum Gasteiger partial charge on any atom is -0.341 e. The van der Waals surface area contributed by atoms with Gasteiger partial charge in [0.2, 0.25) is 5.91 Å². The first-order valence-electron chi connectivity index (χ1n) is 6.78. The predicted molar refractivity (Wildman–Crippen MR) is 80.9 cm³/mol. The molecule has 1 rings (SSSR count). The van der Waals surface area contributed by atoms with Crippen molar-refractivity contribution in [2.45, 2.75) is 32.7 Å². The van der Waals surface area contributed by atoms with Crippen LogP contribution in [0, 0.1) is 0 Å². The molecule has 1 aromatic rings. The number of carbonyl (C=O) groups excluding carboxylic acids is 2. The molecule has 1 N–H and O–H groups in total. The third-order valence-electron chi connectivity index (χ3n) is 3.16. The molecule has 0 fully saturated rings. The van der Waals surface area contributed by atoms with Crippen LogP contribution < -0.4 is 5.32 Å². The molecular formula is C15H21ClN2O2. The maximum absolute atomic E-state index is 12.1. The van der Waals surface area contributed by atoms with Crippen molar-refractivity contribution in [1.29, 1.82) is 0 Å². The maximum atomic E-state index is 12.1. The van der Waals surface area contributed by atoms with E-state index in [9.17, 15) is 9.59 Å². The summed E-state index contributed by atoms with van der Waals surface area (Å²) in [6, 6.07) is 6.50. The summed E-state index contributed by atoms with van der Waals surface area (Å²) >= 11 is 5.70. The van der Waals surface area contributed by atoms with Crippen LogP contribution in [0.3, 0.4) is 0 Å². The van der Waals surface area contributed by atoms with E-state index in [1.54, 1.807) is 36.1 Å². The van der Waals surface area contributed by atoms with E-state index in [-0.39, 0.29) is 11.8 Å². The van der Waals surface area contributed by atoms with Crippen LogP contribution in [0.1, 0.15) is 36.7 Å². The Hall–Kier alpha value is -1.55. The number of benzene rings is 1. The third kappa shape index (κ3) is 4.23. The molecule has 20 heavy (non-hydrogen) atoms. The largest absolute Gasteiger partial charge is 0.341 e. The average molecular weight is 297 g/mol. The molecule has 1 atom stereocenters. The van der Waals surface area contributed by atoms with Gasteiger partial charge in [-0.25, -0.2) is 0 Å². The highest BCUT2D eigenvalue weighted by atomic mass is 35.5. The highest BCUT2D eigenvalue weighted by Crippen LogP contribution is 2.07. The molecular weight excluding hydrogens is 276 g/mol. The number of amides is 2. The molecule has 0 saturated heterocycles. The fraction of sp³-hybridized carbons (Fsp3) is 0.467. The van der Waals surface area contributed by atoms with Crippen molar-refractivity contribution < 1.29 is 9.59 Å². The predicted octanol–water partition coefficient (Wildman–Crippen LogP) is 2.41. The normalized spacial score (nSPS) is 11.8. The number of hydrogen-bond donors (Lipinski definition) is 1. The van der Waals surface area contributed by atoms with Gasteiger partial charge in [0.05, 0.1) is 0 Å². The van der Waals surface area contributed by atoms with Gasteiger partial charge < -0.3 is 10.2 Å². The van der Waals surface area contributed by atoms with Gasteiger partial charge in [-0.15, -0.1) is 11.6 Å². The molecule has 1 unspecified atom stereocenters. The van der Waals surface area contributed by atoms with Gasteiger partial charge in [-0.05, 0) is 38.5 Å². The summed E-state index contributed by atoms with van der Waals surface area (Å²) in [6.45, 7) is 6.81. The molecule has 110 valence electrons. The number of nitrogens with one attached hydrogen (secondary N) is 1. The zero-order valence-electron chi connectivity index (χ0n) is 12.1. The van der Waals surface area contributed by atoms with Gasteiger partial charge in [-0.1, -0.05) is 12.1 Å². The van der Waals surface area contributed by atoms with Crippen molar-refractivity contribution in [3.63, 3.8) is 0 Å². The number of rotatable bonds is 6. The second-order valence-electron chi connectivity index (χ2n) is 4.54. The van der Waals surface area contributed by atoms with Crippen LogP contribution in [0.2, 0.25) is 0 Å². The van der Waals surface area contributed by atoms with E-state index in [1.165, 1.54) is 0 Å². The molecule has 0 aliphatic carbocycles. The van der Waals surface area contributed by atoms with Crippen molar-refractivity contribution in [2.24, 2.45) is 0 Å². The van der Waals surface area contributed by atoms with Crippen molar-refractivity contribution in [3.05, 3.63) is 35.4 Å². The van der Waals surface area contributed by atoms with E-state index in [1.807, 2.05) is 13.8 Å². The first-order valence-corrected chi connectivity index (χ1v) is 7.31. The minimum atomic E-state index is -0.532. The molecule has 0 aliphatic rings. The smallest absolute Gasteiger partial charge is 0.251 e. The van der Waals surface area contributed by atoms with E-state index >= 15 is 0 Å². The lowest BCUT2D eigenvalue weighted by molar-refractivity contribution is -0.132. The Morgan fingerprint density at radius 1 is 1.20 bits per heavy atom. The number of carbonyl (C=O) groups is 2. The van der Waals surface area contributed by atoms with E-state index in [2.05, 4.69) is 5.32 Å². The van der Waals surface area contributed by atoms with Crippen LogP contribution >= 0.6 is 11.6 Å². The molecule has 0 heterocycles. The number of nitrogens with zero attached hydrogens (tertiary/aromatic N) is 1. The van der Waals surface area contributed by atoms with Crippen LogP contribution in [0.15, 0.2) is 24.3 Å². The second-order valence-corrected chi connectivity index (χ2v) is 4.80. The quantitative estimate of drug-likeness (QED) is 0.820. The lowest BCUT2D eigenvalue weighted by Gasteiger charge is -2.23. The molecule has 0 radical (unpaired) electrons. The Balaban J connectivity index is 2.66. The third-order valence-corrected chi connectivity index (χ3v) is 3.47. The van der Waals surface area contributed by atoms with Crippen molar-refractivity contribution in [1.82, 2.24) is 10.2 Å². The van der Waals surface area contributed by atoms with Gasteiger partial charge in [0.15, 0.2) is 0 Å². The number of alkyl halides is 1. The molecule has 0 spiro atoms. The Morgan fingerprint density at radius 2 is 1.75 bits per heavy atom. The highest BCUT2D eigenvalue weighted by molar-refractivity contribution is 6.17. The van der Waals surface area contributed by atoms with Gasteiger partial charge >= 0.3 is 0 Å². The van der Waals surface area contributed by atoms with Gasteiger partial charge in [0, 0.05) is 24.5 Å². The topological polar surface area (TPSA) is 49.4 Å². The molecule has 0 aliphatic heterocycles. The van der Waals surface area contributed by atoms with Gasteiger partial charge in [-0.2, -0.15) is 0 Å². The lowest BCUT2D eigenvalue weighted by Crippen LogP contribution is -2.46. The summed E-state index contributed by atoms with van der Waals surface area (Å²) in [6.07, 6.45) is 0. The van der Waals surface area contributed by atoms with E-state index in [4.69, 9.17) is 11.6 Å². The summed E-state index contributed by atoms with van der Waals surface area (Å²) in [7, 11) is 0. The molecule has 2 amide bonds. The molecule has 1 aromatic carbocycles. The Kier molecular flexibility index (Phi) is 6.52. The highest BCUT2D eigenvalue weighted by Gasteiger charge is 2.20. The number of likely N-dealkylation sites (N-methyl/N-ethyl adjacent to an activating group) is 1. The standard InChI is InChI=1S/C15H21ClN2O2/c1-4-18(5-2)15(20)11(3)17-14(19)13-8-6-12(10-16)7-9-13/h6-9,11H,4-5,10H2,1-3H3,(H,17,19). The molecule has 0 saturated carbocycles. The van der Waals surface area contributed by atoms with E-state index in [0.29, 0.717) is 24.5 Å². The lowest BCUT2D eigenvalue weighted by atomic mass is 10.1. The maximum Gasteiger partial charge on any atom is 0.251 e. The zero-order valence-corrected chi connectivity index (χ0v) is 12.9. The minimum absolute atomic E-state index is 0.0688. The summed E-state index contributed by atoms with van der Waals surface area (Å²) < 4.78 is 0. The average Bonchev–Trinajstić information content (AvgIpc) is 2.48. The Bertz CT molecular complexity index is 455. The fourth-order valence-electron chi connectivity index (χ4n) is 1.90. The van der Waals surface area contributed by atoms with Crippen LogP contribution in [0.25, 0.3) is 0 Å². The van der Waals surface area contributed by atoms with Gasteiger partial charge in [0.1, 0.15) is 6.04 Å². The molecule has 0 aromatic heterocycles. The Morgan fingerprint density at radius 3 is 2.20 bits per heavy atom. The summed E-state index contributed by atoms with van der Waals surface area (Å²) in [5.74, 6) is 0.0958. The molecule has 0 bridgehead atoms. The van der Waals surface area contributed by atoms with Crippen LogP contribution in [-0.2, 0) is 10.7 Å². The van der Waals surface area contributed by atoms with Crippen molar-refractivity contribution >= 4 is 23.4 Å². The summed E-state index contributed by atoms with van der Waals surface area (Å²) in [4.78, 5) is 25.8. The zero-order chi connectivity index (χ0) is 15.1. The van der Waals surface area contributed by atoms with E-state index in [0.717, 1.165) is 5.56 Å². The van der Waals surface area contributed by atoms with E-state index < -0.39 is 6.04 Å². The van der Waals surface area contributed by atoms with Crippen LogP contribution in [0.4, 0.5) is 0 Å². The van der Waals surface area contributed by atoms with Crippen molar-refractivity contribution in [2.75, 3.05) is 13.1 Å². The fourth-order valence-corrected chi connectivity index (χ4v) is 2.07. The summed E-state index contributed by atoms with van der Waals surface area (Å²) in [5, 5.41) is 2.72. The van der Waals surface area contributed by atoms with Crippen LogP contribution in [0.5, 0.6) is 0 Å². The van der Waals surface area contributed by atoms with Gasteiger partial charge in [-0.3, -0.25) is 9.59 Å².